The predicted octanol–water partition coefficient (Wildman–Crippen LogP) is 4.63. The van der Waals surface area contributed by atoms with Crippen LogP contribution in [0.15, 0.2) is 36.4 Å². The number of nitrogens with one attached hydrogen (secondary N) is 1. The van der Waals surface area contributed by atoms with Crippen LogP contribution in [-0.2, 0) is 0 Å². The van der Waals surface area contributed by atoms with Crippen molar-refractivity contribution in [2.75, 3.05) is 0 Å². The molecule has 23 heavy (non-hydrogen) atoms. The van der Waals surface area contributed by atoms with Crippen LogP contribution in [0.5, 0.6) is 0 Å². The van der Waals surface area contributed by atoms with Gasteiger partial charge in [0.1, 0.15) is 5.56 Å². The normalized spacial score (nSPS) is 21.3. The zero-order valence-electron chi connectivity index (χ0n) is 12.7. The van der Waals surface area contributed by atoms with Gasteiger partial charge in [0.05, 0.1) is 4.47 Å². The van der Waals surface area contributed by atoms with Crippen molar-refractivity contribution in [3.8, 4) is 0 Å². The third-order valence-electron chi connectivity index (χ3n) is 4.42. The third-order valence-corrected chi connectivity index (χ3v) is 5.47. The second kappa shape index (κ2) is 6.77. The van der Waals surface area contributed by atoms with Crippen LogP contribution in [0.3, 0.4) is 0 Å². The number of hydrogen-bond donors (Lipinski definition) is 1. The topological polar surface area (TPSA) is 59.3 Å². The summed E-state index contributed by atoms with van der Waals surface area (Å²) in [5, 5.41) is 3.70. The first-order valence-electron chi connectivity index (χ1n) is 7.69. The number of carbonyl (C=O) groups excluding carboxylic acids is 1. The number of halogens is 2. The molecule has 1 amide bonds. The molecule has 0 spiro atoms. The van der Waals surface area contributed by atoms with Crippen LogP contribution in [-0.4, -0.2) is 11.9 Å². The van der Waals surface area contributed by atoms with Crippen molar-refractivity contribution in [3.05, 3.63) is 43.1 Å². The molecule has 4 nitrogen and oxygen atoms in total. The molecule has 1 fully saturated rings. The van der Waals surface area contributed by atoms with Crippen molar-refractivity contribution >= 4 is 48.7 Å². The highest BCUT2D eigenvalue weighted by atomic mass is 79.9. The average molecular weight is 443 g/mol. The van der Waals surface area contributed by atoms with E-state index >= 15 is 0 Å². The third kappa shape index (κ3) is 3.53. The minimum absolute atomic E-state index is 0.0558. The Morgan fingerprint density at radius 2 is 1.96 bits per heavy atom. The first kappa shape index (κ1) is 16.7. The fourth-order valence-corrected chi connectivity index (χ4v) is 4.43. The Kier molecular flexibility index (Phi) is 4.92. The van der Waals surface area contributed by atoms with Gasteiger partial charge in [0.15, 0.2) is 5.58 Å². The Bertz CT molecular complexity index is 815. The van der Waals surface area contributed by atoms with E-state index in [1.54, 1.807) is 12.1 Å². The van der Waals surface area contributed by atoms with E-state index in [-0.39, 0.29) is 17.5 Å². The molecule has 0 bridgehead atoms. The first-order valence-corrected chi connectivity index (χ1v) is 9.28. The van der Waals surface area contributed by atoms with Crippen molar-refractivity contribution in [1.29, 1.82) is 0 Å². The smallest absolute Gasteiger partial charge is 0.349 e. The summed E-state index contributed by atoms with van der Waals surface area (Å²) < 4.78 is 6.85. The number of amides is 1. The average Bonchev–Trinajstić information content (AvgIpc) is 2.49. The molecule has 122 valence electrons. The first-order chi connectivity index (χ1) is 11.0. The molecule has 1 aromatic carbocycles. The summed E-state index contributed by atoms with van der Waals surface area (Å²) in [4.78, 5) is 24.7. The molecule has 0 radical (unpaired) electrons. The van der Waals surface area contributed by atoms with Crippen LogP contribution in [0.25, 0.3) is 11.0 Å². The maximum atomic E-state index is 12.5. The molecule has 1 heterocycles. The van der Waals surface area contributed by atoms with E-state index in [0.29, 0.717) is 21.4 Å². The maximum Gasteiger partial charge on any atom is 0.349 e. The van der Waals surface area contributed by atoms with Crippen LogP contribution in [0.2, 0.25) is 0 Å². The zero-order chi connectivity index (χ0) is 16.6. The maximum absolute atomic E-state index is 12.5. The molecule has 1 saturated carbocycles. The number of carbonyl (C=O) groups is 1. The highest BCUT2D eigenvalue weighted by molar-refractivity contribution is 9.11. The van der Waals surface area contributed by atoms with Gasteiger partial charge in [-0.3, -0.25) is 4.79 Å². The largest absolute Gasteiger partial charge is 0.421 e. The second-order valence-corrected chi connectivity index (χ2v) is 7.87. The molecule has 2 aromatic rings. The van der Waals surface area contributed by atoms with Crippen molar-refractivity contribution in [2.24, 2.45) is 5.92 Å². The molecule has 0 unspecified atom stereocenters. The molecule has 2 atom stereocenters. The van der Waals surface area contributed by atoms with Gasteiger partial charge in [-0.05, 0) is 52.9 Å². The van der Waals surface area contributed by atoms with E-state index in [9.17, 15) is 9.59 Å². The van der Waals surface area contributed by atoms with Crippen molar-refractivity contribution in [1.82, 2.24) is 5.32 Å². The zero-order valence-corrected chi connectivity index (χ0v) is 15.9. The van der Waals surface area contributed by atoms with Crippen molar-refractivity contribution in [3.63, 3.8) is 0 Å². The lowest BCUT2D eigenvalue weighted by atomic mass is 9.86. The van der Waals surface area contributed by atoms with Gasteiger partial charge in [0, 0.05) is 15.9 Å². The fourth-order valence-electron chi connectivity index (χ4n) is 3.09. The summed E-state index contributed by atoms with van der Waals surface area (Å²) in [5.74, 6) is 0.0824. The quantitative estimate of drug-likeness (QED) is 0.690. The number of fused-ring (bicyclic) bond motifs is 1. The molecular weight excluding hydrogens is 426 g/mol. The number of rotatable bonds is 2. The Morgan fingerprint density at radius 3 is 2.70 bits per heavy atom. The fraction of sp³-hybridized carbons (Fsp3) is 0.412. The van der Waals surface area contributed by atoms with Crippen LogP contribution < -0.4 is 10.9 Å². The highest BCUT2D eigenvalue weighted by Crippen LogP contribution is 2.28. The van der Waals surface area contributed by atoms with E-state index in [0.717, 1.165) is 23.7 Å². The van der Waals surface area contributed by atoms with Gasteiger partial charge >= 0.3 is 5.63 Å². The SMILES string of the molecule is C[C@@H]1CCCC[C@H]1NC(=O)c1cc2cc(Br)cc(Br)c2oc1=O. The van der Waals surface area contributed by atoms with Crippen LogP contribution in [0.1, 0.15) is 43.0 Å². The van der Waals surface area contributed by atoms with Gasteiger partial charge in [0.2, 0.25) is 0 Å². The van der Waals surface area contributed by atoms with Gasteiger partial charge in [-0.25, -0.2) is 4.79 Å². The molecule has 1 aromatic heterocycles. The number of benzene rings is 1. The van der Waals surface area contributed by atoms with E-state index in [1.165, 1.54) is 6.42 Å². The standard InChI is InChI=1S/C17H17Br2NO3/c1-9-4-2-3-5-14(9)20-16(21)12-7-10-6-11(18)8-13(19)15(10)23-17(12)22/h6-9,14H,2-5H2,1H3,(H,20,21)/t9-,14-/m1/s1. The minimum Gasteiger partial charge on any atom is -0.421 e. The van der Waals surface area contributed by atoms with Crippen LogP contribution >= 0.6 is 31.9 Å². The lowest BCUT2D eigenvalue weighted by molar-refractivity contribution is 0.0906. The second-order valence-electron chi connectivity index (χ2n) is 6.10. The van der Waals surface area contributed by atoms with E-state index in [1.807, 2.05) is 6.07 Å². The molecule has 0 saturated heterocycles. The Morgan fingerprint density at radius 1 is 1.22 bits per heavy atom. The van der Waals surface area contributed by atoms with Gasteiger partial charge in [-0.2, -0.15) is 0 Å². The van der Waals surface area contributed by atoms with Crippen LogP contribution in [0, 0.1) is 5.92 Å². The molecular formula is C17H17Br2NO3. The van der Waals surface area contributed by atoms with Gasteiger partial charge < -0.3 is 9.73 Å². The molecule has 3 rings (SSSR count). The van der Waals surface area contributed by atoms with E-state index < -0.39 is 5.63 Å². The minimum atomic E-state index is -0.610. The van der Waals surface area contributed by atoms with E-state index in [4.69, 9.17) is 4.42 Å². The predicted molar refractivity (Wildman–Crippen MR) is 96.8 cm³/mol. The Hall–Kier alpha value is -1.14. The van der Waals surface area contributed by atoms with Crippen molar-refractivity contribution in [2.45, 2.75) is 38.6 Å². The van der Waals surface area contributed by atoms with Gasteiger partial charge in [-0.1, -0.05) is 35.7 Å². The Labute approximate surface area is 150 Å². The van der Waals surface area contributed by atoms with Crippen LogP contribution in [0.4, 0.5) is 0 Å². The lowest BCUT2D eigenvalue weighted by Gasteiger charge is -2.29. The summed E-state index contributed by atoms with van der Waals surface area (Å²) in [7, 11) is 0. The van der Waals surface area contributed by atoms with Crippen molar-refractivity contribution < 1.29 is 9.21 Å². The number of hydrogen-bond acceptors (Lipinski definition) is 3. The highest BCUT2D eigenvalue weighted by Gasteiger charge is 2.25. The Balaban J connectivity index is 1.94. The monoisotopic (exact) mass is 441 g/mol. The summed E-state index contributed by atoms with van der Waals surface area (Å²) in [5.41, 5.74) is -0.109. The molecule has 6 heteroatoms. The summed E-state index contributed by atoms with van der Waals surface area (Å²) in [6, 6.07) is 5.35. The summed E-state index contributed by atoms with van der Waals surface area (Å²) in [6.45, 7) is 2.14. The molecule has 1 N–H and O–H groups in total. The summed E-state index contributed by atoms with van der Waals surface area (Å²) in [6.07, 6.45) is 4.38. The molecule has 1 aliphatic carbocycles. The van der Waals surface area contributed by atoms with E-state index in [2.05, 4.69) is 44.1 Å². The molecule has 0 aliphatic heterocycles. The molecule has 1 aliphatic rings. The lowest BCUT2D eigenvalue weighted by Crippen LogP contribution is -2.42. The van der Waals surface area contributed by atoms with Gasteiger partial charge in [0.25, 0.3) is 5.91 Å². The summed E-state index contributed by atoms with van der Waals surface area (Å²) >= 11 is 6.77. The van der Waals surface area contributed by atoms with Gasteiger partial charge in [-0.15, -0.1) is 0 Å².